The van der Waals surface area contributed by atoms with Crippen LogP contribution in [0.4, 0.5) is 10.2 Å². The molecule has 90 valence electrons. The predicted octanol–water partition coefficient (Wildman–Crippen LogP) is 3.53. The normalized spacial score (nSPS) is 10.7. The van der Waals surface area contributed by atoms with E-state index in [4.69, 9.17) is 5.73 Å². The van der Waals surface area contributed by atoms with Gasteiger partial charge in [-0.15, -0.1) is 11.3 Å². The van der Waals surface area contributed by atoms with Crippen molar-refractivity contribution in [3.05, 3.63) is 47.6 Å². The number of nitrogens with one attached hydrogen (secondary N) is 1. The average Bonchev–Trinajstić information content (AvgIpc) is 2.99. The topological polar surface area (TPSA) is 54.7 Å². The summed E-state index contributed by atoms with van der Waals surface area (Å²) in [6.07, 6.45) is 0. The van der Waals surface area contributed by atoms with Crippen LogP contribution >= 0.6 is 11.3 Å². The summed E-state index contributed by atoms with van der Waals surface area (Å²) in [5.74, 6) is 0.156. The van der Waals surface area contributed by atoms with Gasteiger partial charge in [-0.05, 0) is 29.1 Å². The zero-order valence-corrected chi connectivity index (χ0v) is 10.2. The highest BCUT2D eigenvalue weighted by Gasteiger charge is 2.15. The molecular formula is C13H10FN3S. The Morgan fingerprint density at radius 3 is 2.61 bits per heavy atom. The molecule has 0 atom stereocenters. The van der Waals surface area contributed by atoms with Crippen molar-refractivity contribution < 1.29 is 4.39 Å². The zero-order valence-electron chi connectivity index (χ0n) is 9.35. The van der Waals surface area contributed by atoms with Gasteiger partial charge in [0.1, 0.15) is 5.82 Å². The fraction of sp³-hybridized carbons (Fsp3) is 0. The van der Waals surface area contributed by atoms with E-state index in [2.05, 4.69) is 10.2 Å². The maximum atomic E-state index is 13.0. The maximum Gasteiger partial charge on any atom is 0.153 e. The molecule has 18 heavy (non-hydrogen) atoms. The number of thiophene rings is 1. The first-order chi connectivity index (χ1) is 8.75. The molecular weight excluding hydrogens is 249 g/mol. The molecule has 0 fully saturated rings. The Labute approximate surface area is 107 Å². The lowest BCUT2D eigenvalue weighted by molar-refractivity contribution is 0.628. The number of aromatic amines is 1. The lowest BCUT2D eigenvalue weighted by Gasteiger charge is -2.02. The molecule has 0 saturated heterocycles. The van der Waals surface area contributed by atoms with Crippen LogP contribution in [0.2, 0.25) is 0 Å². The molecule has 3 rings (SSSR count). The van der Waals surface area contributed by atoms with Crippen LogP contribution in [0.25, 0.3) is 21.7 Å². The number of nitrogens with two attached hydrogens (primary N) is 1. The third-order valence-electron chi connectivity index (χ3n) is 2.69. The van der Waals surface area contributed by atoms with Crippen LogP contribution in [0, 0.1) is 5.82 Å². The lowest BCUT2D eigenvalue weighted by Crippen LogP contribution is -1.88. The minimum absolute atomic E-state index is 0.265. The second-order valence-corrected chi connectivity index (χ2v) is 4.79. The number of halogens is 1. The van der Waals surface area contributed by atoms with Gasteiger partial charge in [0, 0.05) is 0 Å². The van der Waals surface area contributed by atoms with Crippen LogP contribution in [0.15, 0.2) is 41.8 Å². The van der Waals surface area contributed by atoms with Gasteiger partial charge < -0.3 is 5.73 Å². The Morgan fingerprint density at radius 2 is 1.94 bits per heavy atom. The highest BCUT2D eigenvalue weighted by Crippen LogP contribution is 2.36. The molecule has 0 aliphatic carbocycles. The first kappa shape index (κ1) is 11.0. The van der Waals surface area contributed by atoms with Gasteiger partial charge in [0.2, 0.25) is 0 Å². The van der Waals surface area contributed by atoms with Crippen molar-refractivity contribution in [3.63, 3.8) is 0 Å². The summed E-state index contributed by atoms with van der Waals surface area (Å²) in [6.45, 7) is 0. The van der Waals surface area contributed by atoms with E-state index in [9.17, 15) is 4.39 Å². The number of benzene rings is 1. The largest absolute Gasteiger partial charge is 0.382 e. The summed E-state index contributed by atoms with van der Waals surface area (Å²) >= 11 is 1.60. The van der Waals surface area contributed by atoms with Gasteiger partial charge in [0.05, 0.1) is 16.1 Å². The van der Waals surface area contributed by atoms with Crippen molar-refractivity contribution in [2.24, 2.45) is 0 Å². The lowest BCUT2D eigenvalue weighted by atomic mass is 10.0. The number of hydrogen-bond acceptors (Lipinski definition) is 3. The molecule has 0 unspecified atom stereocenters. The molecule has 0 aliphatic heterocycles. The maximum absolute atomic E-state index is 13.0. The van der Waals surface area contributed by atoms with E-state index in [-0.39, 0.29) is 5.82 Å². The van der Waals surface area contributed by atoms with Crippen LogP contribution in [0.1, 0.15) is 0 Å². The second kappa shape index (κ2) is 4.27. The number of nitrogen functional groups attached to an aromatic ring is 1. The van der Waals surface area contributed by atoms with E-state index in [1.807, 2.05) is 17.5 Å². The summed E-state index contributed by atoms with van der Waals surface area (Å²) in [5, 5.41) is 8.96. The van der Waals surface area contributed by atoms with Crippen LogP contribution in [-0.2, 0) is 0 Å². The quantitative estimate of drug-likeness (QED) is 0.739. The Kier molecular flexibility index (Phi) is 2.60. The molecule has 2 aromatic heterocycles. The molecule has 0 radical (unpaired) electrons. The third kappa shape index (κ3) is 1.78. The van der Waals surface area contributed by atoms with E-state index in [0.29, 0.717) is 5.82 Å². The zero-order chi connectivity index (χ0) is 12.5. The molecule has 0 saturated carbocycles. The number of H-pyrrole nitrogens is 1. The minimum atomic E-state index is -0.265. The van der Waals surface area contributed by atoms with E-state index in [1.165, 1.54) is 12.1 Å². The number of nitrogens with zero attached hydrogens (tertiary/aromatic N) is 1. The summed E-state index contributed by atoms with van der Waals surface area (Å²) in [5.41, 5.74) is 8.43. The van der Waals surface area contributed by atoms with Crippen LogP contribution in [0.5, 0.6) is 0 Å². The van der Waals surface area contributed by atoms with E-state index in [1.54, 1.807) is 23.5 Å². The van der Waals surface area contributed by atoms with Crippen LogP contribution in [0.3, 0.4) is 0 Å². The molecule has 2 heterocycles. The minimum Gasteiger partial charge on any atom is -0.382 e. The SMILES string of the molecule is Nc1n[nH]c(-c2cccs2)c1-c1ccc(F)cc1. The highest BCUT2D eigenvalue weighted by molar-refractivity contribution is 7.13. The van der Waals surface area contributed by atoms with Crippen molar-refractivity contribution in [1.29, 1.82) is 0 Å². The van der Waals surface area contributed by atoms with E-state index < -0.39 is 0 Å². The number of hydrogen-bond donors (Lipinski definition) is 2. The highest BCUT2D eigenvalue weighted by atomic mass is 32.1. The van der Waals surface area contributed by atoms with Crippen molar-refractivity contribution in [2.45, 2.75) is 0 Å². The van der Waals surface area contributed by atoms with E-state index >= 15 is 0 Å². The number of aromatic nitrogens is 2. The molecule has 0 bridgehead atoms. The number of anilines is 1. The van der Waals surface area contributed by atoms with Gasteiger partial charge in [-0.2, -0.15) is 5.10 Å². The predicted molar refractivity (Wildman–Crippen MR) is 71.7 cm³/mol. The molecule has 5 heteroatoms. The van der Waals surface area contributed by atoms with Crippen LogP contribution in [-0.4, -0.2) is 10.2 Å². The van der Waals surface area contributed by atoms with Gasteiger partial charge in [-0.3, -0.25) is 5.10 Å². The first-order valence-electron chi connectivity index (χ1n) is 5.39. The second-order valence-electron chi connectivity index (χ2n) is 3.84. The number of rotatable bonds is 2. The Balaban J connectivity index is 2.17. The molecule has 1 aromatic carbocycles. The summed E-state index contributed by atoms with van der Waals surface area (Å²) in [7, 11) is 0. The van der Waals surface area contributed by atoms with Gasteiger partial charge >= 0.3 is 0 Å². The average molecular weight is 259 g/mol. The molecule has 3 aromatic rings. The van der Waals surface area contributed by atoms with Crippen molar-refractivity contribution in [3.8, 4) is 21.7 Å². The van der Waals surface area contributed by atoms with Crippen molar-refractivity contribution in [2.75, 3.05) is 5.73 Å². The van der Waals surface area contributed by atoms with Gasteiger partial charge in [-0.1, -0.05) is 18.2 Å². The van der Waals surface area contributed by atoms with E-state index in [0.717, 1.165) is 21.7 Å². The third-order valence-corrected chi connectivity index (χ3v) is 3.58. The van der Waals surface area contributed by atoms with Crippen molar-refractivity contribution in [1.82, 2.24) is 10.2 Å². The monoisotopic (exact) mass is 259 g/mol. The molecule has 0 spiro atoms. The van der Waals surface area contributed by atoms with Gasteiger partial charge in [0.25, 0.3) is 0 Å². The fourth-order valence-corrected chi connectivity index (χ4v) is 2.59. The Hall–Kier alpha value is -2.14. The fourth-order valence-electron chi connectivity index (χ4n) is 1.86. The summed E-state index contributed by atoms with van der Waals surface area (Å²) < 4.78 is 13.0. The summed E-state index contributed by atoms with van der Waals surface area (Å²) in [4.78, 5) is 1.05. The summed E-state index contributed by atoms with van der Waals surface area (Å²) in [6, 6.07) is 10.2. The van der Waals surface area contributed by atoms with Crippen LogP contribution < -0.4 is 5.73 Å². The Bertz CT molecular complexity index is 656. The molecule has 3 nitrogen and oxygen atoms in total. The van der Waals surface area contributed by atoms with Gasteiger partial charge in [-0.25, -0.2) is 4.39 Å². The van der Waals surface area contributed by atoms with Gasteiger partial charge in [0.15, 0.2) is 5.82 Å². The smallest absolute Gasteiger partial charge is 0.153 e. The Morgan fingerprint density at radius 1 is 1.17 bits per heavy atom. The first-order valence-corrected chi connectivity index (χ1v) is 6.27. The molecule has 0 aliphatic rings. The standard InChI is InChI=1S/C13H10FN3S/c14-9-5-3-8(4-6-9)11-12(16-17-13(11)15)10-2-1-7-18-10/h1-7H,(H3,15,16,17). The molecule has 0 amide bonds. The molecule has 3 N–H and O–H groups in total. The van der Waals surface area contributed by atoms with Crippen molar-refractivity contribution >= 4 is 17.2 Å².